The molecule has 0 N–H and O–H groups in total. The zero-order valence-corrected chi connectivity index (χ0v) is 10.7. The van der Waals surface area contributed by atoms with E-state index in [0.717, 1.165) is 24.3 Å². The minimum atomic E-state index is -0.268. The quantitative estimate of drug-likeness (QED) is 0.575. The number of carbonyl (C=O) groups excluding carboxylic acids is 1. The van der Waals surface area contributed by atoms with Crippen LogP contribution in [0.25, 0.3) is 0 Å². The fourth-order valence-corrected chi connectivity index (χ4v) is 2.21. The van der Waals surface area contributed by atoms with Crippen molar-refractivity contribution in [3.8, 4) is 5.75 Å². The summed E-state index contributed by atoms with van der Waals surface area (Å²) >= 11 is 0. The first-order chi connectivity index (χ1) is 8.54. The lowest BCUT2D eigenvalue weighted by Gasteiger charge is -2.27. The highest BCUT2D eigenvalue weighted by molar-refractivity contribution is 6.26. The van der Waals surface area contributed by atoms with Gasteiger partial charge in [0.05, 0.1) is 0 Å². The van der Waals surface area contributed by atoms with E-state index >= 15 is 0 Å². The van der Waals surface area contributed by atoms with Gasteiger partial charge in [0, 0.05) is 25.7 Å². The van der Waals surface area contributed by atoms with Crippen LogP contribution < -0.4 is 9.55 Å². The number of anilines is 1. The van der Waals surface area contributed by atoms with Crippen molar-refractivity contribution in [1.82, 2.24) is 9.88 Å². The van der Waals surface area contributed by atoms with Gasteiger partial charge in [-0.05, 0) is 26.1 Å². The number of hydrogen-bond donors (Lipinski definition) is 0. The zero-order valence-electron chi connectivity index (χ0n) is 10.7. The van der Waals surface area contributed by atoms with Crippen LogP contribution in [0.15, 0.2) is 18.3 Å². The highest BCUT2D eigenvalue weighted by atomic mass is 16.5. The van der Waals surface area contributed by atoms with Crippen LogP contribution >= 0.6 is 0 Å². The van der Waals surface area contributed by atoms with Crippen LogP contribution in [-0.2, 0) is 4.79 Å². The van der Waals surface area contributed by atoms with Crippen molar-refractivity contribution < 1.29 is 9.53 Å². The van der Waals surface area contributed by atoms with Gasteiger partial charge in [0.15, 0.2) is 11.6 Å². The maximum absolute atomic E-state index is 10.7. The molecule has 2 radical (unpaired) electrons. The molecule has 2 rings (SSSR count). The second-order valence-electron chi connectivity index (χ2n) is 4.88. The summed E-state index contributed by atoms with van der Waals surface area (Å²) < 4.78 is 6.00. The second kappa shape index (κ2) is 4.98. The number of aromatic nitrogens is 1. The Labute approximate surface area is 108 Å². The lowest BCUT2D eigenvalue weighted by molar-refractivity contribution is -0.106. The Kier molecular flexibility index (Phi) is 3.56. The van der Waals surface area contributed by atoms with Crippen LogP contribution in [0.5, 0.6) is 5.75 Å². The molecule has 1 aromatic rings. The summed E-state index contributed by atoms with van der Waals surface area (Å²) in [4.78, 5) is 17.9. The third-order valence-corrected chi connectivity index (χ3v) is 3.09. The Bertz CT molecular complexity index is 443. The number of hydrogen-bond acceptors (Lipinski definition) is 4. The summed E-state index contributed by atoms with van der Waals surface area (Å²) in [7, 11) is 7.61. The van der Waals surface area contributed by atoms with Crippen molar-refractivity contribution in [1.29, 1.82) is 0 Å². The molecule has 94 valence electrons. The first kappa shape index (κ1) is 12.9. The first-order valence-corrected chi connectivity index (χ1v) is 5.86. The van der Waals surface area contributed by atoms with E-state index in [2.05, 4.69) is 23.9 Å². The third kappa shape index (κ3) is 2.64. The van der Waals surface area contributed by atoms with Gasteiger partial charge in [0.1, 0.15) is 5.60 Å². The normalized spacial score (nSPS) is 23.9. The zero-order chi connectivity index (χ0) is 13.2. The van der Waals surface area contributed by atoms with Crippen LogP contribution in [0.4, 0.5) is 5.82 Å². The van der Waals surface area contributed by atoms with Gasteiger partial charge < -0.3 is 14.4 Å². The molecule has 1 aliphatic rings. The second-order valence-corrected chi connectivity index (χ2v) is 4.88. The molecule has 1 atom stereocenters. The molecule has 1 amide bonds. The fourth-order valence-electron chi connectivity index (χ4n) is 2.21. The van der Waals surface area contributed by atoms with E-state index in [0.29, 0.717) is 18.0 Å². The molecule has 6 heteroatoms. The molecule has 0 saturated carbocycles. The molecule has 0 aliphatic carbocycles. The van der Waals surface area contributed by atoms with E-state index in [1.807, 2.05) is 0 Å². The Morgan fingerprint density at radius 3 is 3.06 bits per heavy atom. The van der Waals surface area contributed by atoms with Gasteiger partial charge >= 0.3 is 0 Å². The van der Waals surface area contributed by atoms with Crippen LogP contribution in [0.2, 0.25) is 0 Å². The lowest BCUT2D eigenvalue weighted by atomic mass is 10.1. The highest BCUT2D eigenvalue weighted by Crippen LogP contribution is 2.31. The van der Waals surface area contributed by atoms with E-state index < -0.39 is 0 Å². The molecule has 18 heavy (non-hydrogen) atoms. The van der Waals surface area contributed by atoms with Crippen LogP contribution in [0.1, 0.15) is 13.3 Å². The van der Waals surface area contributed by atoms with Crippen molar-refractivity contribution in [2.24, 2.45) is 0 Å². The molecule has 1 aliphatic heterocycles. The van der Waals surface area contributed by atoms with Crippen LogP contribution in [0, 0.1) is 0 Å². The highest BCUT2D eigenvalue weighted by Gasteiger charge is 2.34. The number of carbonyl (C=O) groups is 1. The summed E-state index contributed by atoms with van der Waals surface area (Å²) in [6, 6.07) is 3.54. The average Bonchev–Trinajstić information content (AvgIpc) is 2.68. The summed E-state index contributed by atoms with van der Waals surface area (Å²) in [5.41, 5.74) is -0.268. The molecule has 0 bridgehead atoms. The Morgan fingerprint density at radius 2 is 2.44 bits per heavy atom. The van der Waals surface area contributed by atoms with Crippen molar-refractivity contribution in [3.63, 3.8) is 0 Å². The summed E-state index contributed by atoms with van der Waals surface area (Å²) in [5, 5.41) is 0. The van der Waals surface area contributed by atoms with E-state index in [-0.39, 0.29) is 5.60 Å². The Morgan fingerprint density at radius 1 is 1.67 bits per heavy atom. The number of likely N-dealkylation sites (N-methyl/N-ethyl adjacent to an activating group) is 1. The van der Waals surface area contributed by atoms with E-state index in [1.165, 1.54) is 0 Å². The van der Waals surface area contributed by atoms with Crippen LogP contribution in [-0.4, -0.2) is 50.0 Å². The smallest absolute Gasteiger partial charge is 0.240 e. The van der Waals surface area contributed by atoms with Gasteiger partial charge in [0.25, 0.3) is 0 Å². The molecule has 0 aromatic carbocycles. The molecular weight excluding hydrogens is 229 g/mol. The molecule has 1 aromatic heterocycles. The summed E-state index contributed by atoms with van der Waals surface area (Å²) in [6.45, 7) is 3.88. The van der Waals surface area contributed by atoms with Crippen molar-refractivity contribution in [2.75, 3.05) is 24.9 Å². The molecule has 2 heterocycles. The van der Waals surface area contributed by atoms with Gasteiger partial charge in [0.2, 0.25) is 14.4 Å². The first-order valence-electron chi connectivity index (χ1n) is 5.86. The van der Waals surface area contributed by atoms with Gasteiger partial charge in [-0.15, -0.1) is 0 Å². The molecule has 1 saturated heterocycles. The van der Waals surface area contributed by atoms with E-state index in [9.17, 15) is 4.79 Å². The van der Waals surface area contributed by atoms with E-state index in [1.54, 1.807) is 18.3 Å². The lowest BCUT2D eigenvalue weighted by Crippen LogP contribution is -2.35. The van der Waals surface area contributed by atoms with Crippen molar-refractivity contribution in [3.05, 3.63) is 18.3 Å². The van der Waals surface area contributed by atoms with Crippen molar-refractivity contribution >= 4 is 20.2 Å². The largest absolute Gasteiger partial charge is 0.482 e. The maximum atomic E-state index is 10.7. The fraction of sp³-hybridized carbons (Fsp3) is 0.500. The summed E-state index contributed by atoms with van der Waals surface area (Å²) in [5.74, 6) is 0.869. The molecule has 5 nitrogen and oxygen atoms in total. The number of rotatable bonds is 4. The average molecular weight is 245 g/mol. The Hall–Kier alpha value is -1.56. The predicted octanol–water partition coefficient (Wildman–Crippen LogP) is 0.601. The van der Waals surface area contributed by atoms with Gasteiger partial charge in [-0.1, -0.05) is 0 Å². The summed E-state index contributed by atoms with van der Waals surface area (Å²) in [6.07, 6.45) is 3.02. The molecule has 1 unspecified atom stereocenters. The number of pyridine rings is 1. The van der Waals surface area contributed by atoms with Crippen molar-refractivity contribution in [2.45, 2.75) is 18.9 Å². The number of likely N-dealkylation sites (tertiary alicyclic amines) is 1. The molecule has 1 fully saturated rings. The predicted molar refractivity (Wildman–Crippen MR) is 69.7 cm³/mol. The van der Waals surface area contributed by atoms with Gasteiger partial charge in [-0.3, -0.25) is 4.79 Å². The number of nitrogens with zero attached hydrogens (tertiary/aromatic N) is 3. The van der Waals surface area contributed by atoms with Gasteiger partial charge in [-0.25, -0.2) is 4.98 Å². The van der Waals surface area contributed by atoms with Gasteiger partial charge in [-0.2, -0.15) is 0 Å². The molecular formula is C12H16BN3O2. The minimum absolute atomic E-state index is 0.268. The topological polar surface area (TPSA) is 45.7 Å². The standard InChI is InChI=1S/C12H16BN3O2/c1-12(5-7-15(2)8-12)18-10-4-3-6-14-11(10)16(13)9-17/h3-4,6,9H,5,7-8H2,1-2H3. The maximum Gasteiger partial charge on any atom is 0.240 e. The number of ether oxygens (including phenoxy) is 1. The molecule has 0 spiro atoms. The SMILES string of the molecule is [B]N(C=O)c1ncccc1OC1(C)CCN(C)C1. The number of amides is 1. The Balaban J connectivity index is 2.21. The monoisotopic (exact) mass is 245 g/mol. The third-order valence-electron chi connectivity index (χ3n) is 3.09. The minimum Gasteiger partial charge on any atom is -0.482 e. The van der Waals surface area contributed by atoms with Crippen LogP contribution in [0.3, 0.4) is 0 Å². The van der Waals surface area contributed by atoms with E-state index in [4.69, 9.17) is 12.7 Å².